The molecule has 26 heavy (non-hydrogen) atoms. The van der Waals surface area contributed by atoms with Gasteiger partial charge >= 0.3 is 6.18 Å². The molecule has 3 nitrogen and oxygen atoms in total. The summed E-state index contributed by atoms with van der Waals surface area (Å²) in [4.78, 5) is 4.25. The lowest BCUT2D eigenvalue weighted by Crippen LogP contribution is -2.04. The van der Waals surface area contributed by atoms with Gasteiger partial charge in [-0.2, -0.15) is 18.4 Å². The zero-order chi connectivity index (χ0) is 18.9. The zero-order valence-corrected chi connectivity index (χ0v) is 14.8. The molecule has 3 aromatic rings. The number of aromatic nitrogens is 1. The standard InChI is InChI=1S/C19H11BrF3N3/c20-14-3-1-2-12(8-14)17-9-15(16(10-24)18(25)26-17)11-4-6-13(7-5-11)19(21,22)23/h1-9H,(H2,25,26). The number of nitrogens with zero attached hydrogens (tertiary/aromatic N) is 2. The van der Waals surface area contributed by atoms with Gasteiger partial charge in [0.25, 0.3) is 0 Å². The van der Waals surface area contributed by atoms with Gasteiger partial charge in [0.1, 0.15) is 17.5 Å². The van der Waals surface area contributed by atoms with Crippen LogP contribution >= 0.6 is 15.9 Å². The van der Waals surface area contributed by atoms with E-state index in [1.807, 2.05) is 30.3 Å². The van der Waals surface area contributed by atoms with Crippen LogP contribution in [-0.2, 0) is 6.18 Å². The topological polar surface area (TPSA) is 62.7 Å². The van der Waals surface area contributed by atoms with Crippen LogP contribution in [0.3, 0.4) is 0 Å². The predicted molar refractivity (Wildman–Crippen MR) is 96.9 cm³/mol. The molecule has 0 saturated carbocycles. The lowest BCUT2D eigenvalue weighted by molar-refractivity contribution is -0.137. The van der Waals surface area contributed by atoms with Crippen LogP contribution in [0.5, 0.6) is 0 Å². The Kier molecular flexibility index (Phi) is 4.70. The van der Waals surface area contributed by atoms with E-state index in [0.29, 0.717) is 16.8 Å². The lowest BCUT2D eigenvalue weighted by Gasteiger charge is -2.12. The molecular formula is C19H11BrF3N3. The molecule has 1 heterocycles. The van der Waals surface area contributed by atoms with E-state index in [9.17, 15) is 18.4 Å². The average Bonchev–Trinajstić information content (AvgIpc) is 2.60. The van der Waals surface area contributed by atoms with Gasteiger partial charge in [0, 0.05) is 15.6 Å². The minimum Gasteiger partial charge on any atom is -0.383 e. The van der Waals surface area contributed by atoms with Gasteiger partial charge in [0.15, 0.2) is 0 Å². The molecule has 2 N–H and O–H groups in total. The number of hydrogen-bond acceptors (Lipinski definition) is 3. The maximum atomic E-state index is 12.8. The van der Waals surface area contributed by atoms with Crippen molar-refractivity contribution in [3.63, 3.8) is 0 Å². The molecule has 0 amide bonds. The minimum atomic E-state index is -4.42. The van der Waals surface area contributed by atoms with E-state index in [2.05, 4.69) is 20.9 Å². The van der Waals surface area contributed by atoms with Crippen molar-refractivity contribution in [1.82, 2.24) is 4.98 Å². The summed E-state index contributed by atoms with van der Waals surface area (Å²) >= 11 is 3.38. The van der Waals surface area contributed by atoms with Gasteiger partial charge in [-0.15, -0.1) is 0 Å². The third kappa shape index (κ3) is 3.55. The number of halogens is 4. The summed E-state index contributed by atoms with van der Waals surface area (Å²) in [6.07, 6.45) is -4.42. The number of anilines is 1. The van der Waals surface area contributed by atoms with Crippen molar-refractivity contribution in [3.05, 3.63) is 70.2 Å². The number of nitrogen functional groups attached to an aromatic ring is 1. The van der Waals surface area contributed by atoms with Gasteiger partial charge in [0.2, 0.25) is 0 Å². The second kappa shape index (κ2) is 6.81. The molecule has 7 heteroatoms. The van der Waals surface area contributed by atoms with Gasteiger partial charge in [-0.25, -0.2) is 4.98 Å². The van der Waals surface area contributed by atoms with E-state index in [1.165, 1.54) is 12.1 Å². The summed E-state index contributed by atoms with van der Waals surface area (Å²) < 4.78 is 39.1. The fourth-order valence-electron chi connectivity index (χ4n) is 2.54. The van der Waals surface area contributed by atoms with E-state index >= 15 is 0 Å². The number of alkyl halides is 3. The van der Waals surface area contributed by atoms with Crippen molar-refractivity contribution >= 4 is 21.7 Å². The molecule has 0 saturated heterocycles. The van der Waals surface area contributed by atoms with Crippen molar-refractivity contribution in [2.24, 2.45) is 0 Å². The van der Waals surface area contributed by atoms with Crippen molar-refractivity contribution < 1.29 is 13.2 Å². The second-order valence-electron chi connectivity index (χ2n) is 5.51. The van der Waals surface area contributed by atoms with Gasteiger partial charge < -0.3 is 5.73 Å². The Morgan fingerprint density at radius 2 is 1.69 bits per heavy atom. The quantitative estimate of drug-likeness (QED) is 0.585. The van der Waals surface area contributed by atoms with Crippen molar-refractivity contribution in [2.75, 3.05) is 5.73 Å². The lowest BCUT2D eigenvalue weighted by atomic mass is 9.97. The van der Waals surface area contributed by atoms with E-state index < -0.39 is 11.7 Å². The molecule has 0 aliphatic heterocycles. The maximum Gasteiger partial charge on any atom is 0.416 e. The Bertz CT molecular complexity index is 1010. The Morgan fingerprint density at radius 3 is 2.27 bits per heavy atom. The van der Waals surface area contributed by atoms with E-state index in [1.54, 1.807) is 6.07 Å². The summed E-state index contributed by atoms with van der Waals surface area (Å²) in [7, 11) is 0. The fourth-order valence-corrected chi connectivity index (χ4v) is 2.94. The first-order valence-electron chi connectivity index (χ1n) is 7.44. The van der Waals surface area contributed by atoms with Crippen LogP contribution < -0.4 is 5.73 Å². The largest absolute Gasteiger partial charge is 0.416 e. The summed E-state index contributed by atoms with van der Waals surface area (Å²) in [5.41, 5.74) is 7.48. The molecule has 0 bridgehead atoms. The Hall–Kier alpha value is -2.85. The third-order valence-electron chi connectivity index (χ3n) is 3.80. The monoisotopic (exact) mass is 417 g/mol. The van der Waals surface area contributed by atoms with Crippen molar-refractivity contribution in [3.8, 4) is 28.5 Å². The zero-order valence-electron chi connectivity index (χ0n) is 13.2. The number of nitrogens with two attached hydrogens (primary N) is 1. The number of hydrogen-bond donors (Lipinski definition) is 1. The van der Waals surface area contributed by atoms with Gasteiger partial charge in [-0.3, -0.25) is 0 Å². The van der Waals surface area contributed by atoms with Crippen LogP contribution in [-0.4, -0.2) is 4.98 Å². The molecule has 0 aliphatic rings. The highest BCUT2D eigenvalue weighted by molar-refractivity contribution is 9.10. The van der Waals surface area contributed by atoms with E-state index in [0.717, 1.165) is 22.2 Å². The molecule has 0 unspecified atom stereocenters. The Labute approximate surface area is 156 Å². The molecule has 0 fully saturated rings. The summed E-state index contributed by atoms with van der Waals surface area (Å²) in [6.45, 7) is 0. The molecule has 0 atom stereocenters. The van der Waals surface area contributed by atoms with Crippen LogP contribution in [0.15, 0.2) is 59.1 Å². The van der Waals surface area contributed by atoms with Gasteiger partial charge in [0.05, 0.1) is 11.3 Å². The number of nitriles is 1. The molecule has 2 aromatic carbocycles. The maximum absolute atomic E-state index is 12.8. The first-order valence-corrected chi connectivity index (χ1v) is 8.23. The Morgan fingerprint density at radius 1 is 1.00 bits per heavy atom. The number of rotatable bonds is 2. The molecular weight excluding hydrogens is 407 g/mol. The predicted octanol–water partition coefficient (Wildman–Crippen LogP) is 5.65. The number of pyridine rings is 1. The normalized spacial score (nSPS) is 11.2. The van der Waals surface area contributed by atoms with Crippen LogP contribution in [0.1, 0.15) is 11.1 Å². The van der Waals surface area contributed by atoms with Crippen LogP contribution in [0.2, 0.25) is 0 Å². The van der Waals surface area contributed by atoms with Gasteiger partial charge in [-0.1, -0.05) is 40.2 Å². The van der Waals surface area contributed by atoms with Crippen LogP contribution in [0, 0.1) is 11.3 Å². The average molecular weight is 418 g/mol. The molecule has 0 aliphatic carbocycles. The Balaban J connectivity index is 2.16. The third-order valence-corrected chi connectivity index (χ3v) is 4.30. The summed E-state index contributed by atoms with van der Waals surface area (Å²) in [5, 5.41) is 9.39. The number of benzene rings is 2. The van der Waals surface area contributed by atoms with Crippen molar-refractivity contribution in [2.45, 2.75) is 6.18 Å². The van der Waals surface area contributed by atoms with Crippen molar-refractivity contribution in [1.29, 1.82) is 5.26 Å². The van der Waals surface area contributed by atoms with Crippen LogP contribution in [0.4, 0.5) is 19.0 Å². The van der Waals surface area contributed by atoms with E-state index in [4.69, 9.17) is 5.73 Å². The first-order chi connectivity index (χ1) is 12.3. The smallest absolute Gasteiger partial charge is 0.383 e. The summed E-state index contributed by atoms with van der Waals surface area (Å²) in [6, 6.07) is 15.6. The molecule has 3 rings (SSSR count). The molecule has 0 spiro atoms. The molecule has 130 valence electrons. The molecule has 1 aromatic heterocycles. The second-order valence-corrected chi connectivity index (χ2v) is 6.43. The van der Waals surface area contributed by atoms with Crippen LogP contribution in [0.25, 0.3) is 22.4 Å². The minimum absolute atomic E-state index is 0.0277. The van der Waals surface area contributed by atoms with Gasteiger partial charge in [-0.05, 0) is 35.9 Å². The highest BCUT2D eigenvalue weighted by atomic mass is 79.9. The van der Waals surface area contributed by atoms with E-state index in [-0.39, 0.29) is 11.4 Å². The molecule has 0 radical (unpaired) electrons. The summed E-state index contributed by atoms with van der Waals surface area (Å²) in [5.74, 6) is 0.0277. The highest BCUT2D eigenvalue weighted by Crippen LogP contribution is 2.34. The fraction of sp³-hybridized carbons (Fsp3) is 0.0526. The highest BCUT2D eigenvalue weighted by Gasteiger charge is 2.30. The SMILES string of the molecule is N#Cc1c(-c2ccc(C(F)(F)F)cc2)cc(-c2cccc(Br)c2)nc1N. The first kappa shape index (κ1) is 18.0.